The van der Waals surface area contributed by atoms with E-state index in [1.54, 1.807) is 0 Å². The third kappa shape index (κ3) is 18.8. The third-order valence-corrected chi connectivity index (χ3v) is 0.833. The first kappa shape index (κ1) is 15.8. The maximum Gasteiger partial charge on any atom is 0 e. The largest absolute Gasteiger partial charge is 0 e. The Morgan fingerprint density at radius 1 is 1.71 bits per heavy atom. The standard InChI is InChI=1S/C3H3O.Al.Mg.Zn/c1-2-3-4;;;/h2H,1H2;;;. The number of carbonyl (C=O) groups excluding carboxylic acids is 1. The summed E-state index contributed by atoms with van der Waals surface area (Å²) in [6.45, 7) is 3.24. The van der Waals surface area contributed by atoms with E-state index in [-0.39, 0.29) is 44.8 Å². The smallest absolute Gasteiger partial charge is 0 e. The Bertz CT molecular complexity index is 66.0. The van der Waals surface area contributed by atoms with Crippen molar-refractivity contribution in [3.8, 4) is 0 Å². The molecule has 0 unspecified atom stereocenters. The van der Waals surface area contributed by atoms with Crippen LogP contribution in [-0.4, -0.2) is 44.8 Å². The fourth-order valence-electron chi connectivity index (χ4n) is 0. The van der Waals surface area contributed by atoms with Crippen molar-refractivity contribution in [2.24, 2.45) is 0 Å². The fraction of sp³-hybridized carbons (Fsp3) is 0. The average Bonchev–Trinajstić information content (AvgIpc) is 1.38. The molecule has 1 nitrogen and oxygen atoms in total. The van der Waals surface area contributed by atoms with Gasteiger partial charge in [-0.2, -0.15) is 0 Å². The summed E-state index contributed by atoms with van der Waals surface area (Å²) in [7, 11) is 0. The molecule has 5 radical (unpaired) electrons. The van der Waals surface area contributed by atoms with Gasteiger partial charge in [0.1, 0.15) is 0 Å². The Morgan fingerprint density at radius 3 is 1.86 bits per heavy atom. The van der Waals surface area contributed by atoms with Crippen LogP contribution in [0.1, 0.15) is 0 Å². The molecule has 0 aromatic rings. The molecule has 28 valence electrons. The summed E-state index contributed by atoms with van der Waals surface area (Å²) in [5.41, 5.74) is 0. The van der Waals surface area contributed by atoms with Crippen LogP contribution in [0.2, 0.25) is 0 Å². The first-order valence-corrected chi connectivity index (χ1v) is 2.74. The van der Waals surface area contributed by atoms with Crippen molar-refractivity contribution in [1.82, 2.24) is 0 Å². The first-order chi connectivity index (χ1) is 2.27. The van der Waals surface area contributed by atoms with E-state index in [4.69, 9.17) is 0 Å². The molecule has 0 aliphatic carbocycles. The van der Waals surface area contributed by atoms with E-state index in [1.165, 1.54) is 6.08 Å². The van der Waals surface area contributed by atoms with Crippen molar-refractivity contribution in [3.05, 3.63) is 12.7 Å². The molecular formula is C3H3AlMgOZn. The van der Waals surface area contributed by atoms with E-state index in [2.05, 4.69) is 6.58 Å². The van der Waals surface area contributed by atoms with Gasteiger partial charge in [0.25, 0.3) is 0 Å². The zero-order valence-corrected chi connectivity index (χ0v) is 9.72. The van der Waals surface area contributed by atoms with Crippen LogP contribution >= 0.6 is 0 Å². The molecule has 0 spiro atoms. The van der Waals surface area contributed by atoms with Crippen molar-refractivity contribution in [1.29, 1.82) is 0 Å². The van der Waals surface area contributed by atoms with Gasteiger partial charge in [-0.25, -0.2) is 0 Å². The molecule has 7 heavy (non-hydrogen) atoms. The van der Waals surface area contributed by atoms with Crippen molar-refractivity contribution in [2.75, 3.05) is 0 Å². The second kappa shape index (κ2) is 10.3. The zero-order valence-electron chi connectivity index (χ0n) is 4.18. The molecule has 0 atom stereocenters. The molecule has 4 heteroatoms. The van der Waals surface area contributed by atoms with Crippen LogP contribution in [0, 0.1) is 0 Å². The molecule has 0 amide bonds. The molecule has 0 heterocycles. The van der Waals surface area contributed by atoms with E-state index >= 15 is 0 Å². The van der Waals surface area contributed by atoms with Crippen molar-refractivity contribution >= 4 is 44.8 Å². The normalized spacial score (nSPS) is 4.86. The maximum atomic E-state index is 9.75. The molecule has 0 rings (SSSR count). The van der Waals surface area contributed by atoms with Crippen LogP contribution in [0.25, 0.3) is 0 Å². The number of hydrogen-bond donors (Lipinski definition) is 0. The molecule has 0 bridgehead atoms. The molecule has 0 aliphatic heterocycles. The predicted molar refractivity (Wildman–Crippen MR) is 26.7 cm³/mol. The van der Waals surface area contributed by atoms with E-state index in [1.807, 2.05) is 0 Å². The van der Waals surface area contributed by atoms with Gasteiger partial charge < -0.3 is 0 Å². The molecule has 0 aliphatic rings. The average molecular weight is 172 g/mol. The molecule has 0 saturated carbocycles. The number of rotatable bonds is 1. The molecular weight excluding hydrogens is 169 g/mol. The van der Waals surface area contributed by atoms with Gasteiger partial charge in [0, 0.05) is 40.4 Å². The van der Waals surface area contributed by atoms with Crippen molar-refractivity contribution < 1.29 is 23.1 Å². The van der Waals surface area contributed by atoms with Crippen LogP contribution in [0.15, 0.2) is 12.7 Å². The summed E-state index contributed by atoms with van der Waals surface area (Å²) in [5.74, 6) is 0. The Labute approximate surface area is 79.9 Å². The minimum atomic E-state index is 0. The SMILES string of the molecule is C=C[C](=O)[Zn].[Al].[Mg]. The molecule has 0 saturated heterocycles. The van der Waals surface area contributed by atoms with Crippen LogP contribution < -0.4 is 0 Å². The molecule has 0 N–H and O–H groups in total. The Kier molecular flexibility index (Phi) is 23.3. The second-order valence-electron chi connectivity index (χ2n) is 0.670. The topological polar surface area (TPSA) is 17.1 Å². The van der Waals surface area contributed by atoms with Gasteiger partial charge in [-0.1, -0.05) is 0 Å². The van der Waals surface area contributed by atoms with Gasteiger partial charge in [0.05, 0.1) is 0 Å². The van der Waals surface area contributed by atoms with Crippen molar-refractivity contribution in [3.63, 3.8) is 0 Å². The summed E-state index contributed by atoms with van der Waals surface area (Å²) in [6, 6.07) is 0. The minimum absolute atomic E-state index is 0. The van der Waals surface area contributed by atoms with Gasteiger partial charge in [0.2, 0.25) is 0 Å². The summed E-state index contributed by atoms with van der Waals surface area (Å²) >= 11 is 0.698. The third-order valence-electron chi connectivity index (χ3n) is 0.228. The second-order valence-corrected chi connectivity index (χ2v) is 2.13. The van der Waals surface area contributed by atoms with Gasteiger partial charge >= 0.3 is 40.1 Å². The minimum Gasteiger partial charge on any atom is 0 e. The van der Waals surface area contributed by atoms with Gasteiger partial charge in [-0.15, -0.1) is 0 Å². The quantitative estimate of drug-likeness (QED) is 0.384. The summed E-state index contributed by atoms with van der Waals surface area (Å²) in [5, 5.41) is 0. The first-order valence-electron chi connectivity index (χ1n) is 1.25. The summed E-state index contributed by atoms with van der Waals surface area (Å²) < 4.78 is 0.144. The van der Waals surface area contributed by atoms with Crippen LogP contribution in [0.5, 0.6) is 0 Å². The fourth-order valence-corrected chi connectivity index (χ4v) is 0. The van der Waals surface area contributed by atoms with E-state index in [0.717, 1.165) is 0 Å². The summed E-state index contributed by atoms with van der Waals surface area (Å²) in [4.78, 5) is 9.75. The molecule has 0 fully saturated rings. The van der Waals surface area contributed by atoms with E-state index in [9.17, 15) is 4.79 Å². The molecule has 0 aromatic heterocycles. The van der Waals surface area contributed by atoms with E-state index < -0.39 is 0 Å². The zero-order chi connectivity index (χ0) is 4.28. The van der Waals surface area contributed by atoms with Crippen molar-refractivity contribution in [2.45, 2.75) is 0 Å². The van der Waals surface area contributed by atoms with Gasteiger partial charge in [-0.3, -0.25) is 0 Å². The predicted octanol–water partition coefficient (Wildman–Crippen LogP) is -0.516. The van der Waals surface area contributed by atoms with Crippen LogP contribution in [0.4, 0.5) is 0 Å². The number of hydrogen-bond acceptors (Lipinski definition) is 1. The van der Waals surface area contributed by atoms with Gasteiger partial charge in [-0.05, 0) is 0 Å². The van der Waals surface area contributed by atoms with E-state index in [0.29, 0.717) is 18.3 Å². The number of allylic oxidation sites excluding steroid dienone is 1. The van der Waals surface area contributed by atoms with Gasteiger partial charge in [0.15, 0.2) is 0 Å². The van der Waals surface area contributed by atoms with Crippen LogP contribution in [0.3, 0.4) is 0 Å². The Hall–Kier alpha value is 1.33. The number of carbonyl (C=O) groups is 1. The Morgan fingerprint density at radius 2 is 1.86 bits per heavy atom. The monoisotopic (exact) mass is 170 g/mol. The maximum absolute atomic E-state index is 9.75. The van der Waals surface area contributed by atoms with Crippen LogP contribution in [-0.2, 0) is 23.1 Å². The Balaban J connectivity index is -0.0000000800. The molecule has 0 aromatic carbocycles. The summed E-state index contributed by atoms with van der Waals surface area (Å²) in [6.07, 6.45) is 1.33.